The molecule has 3 nitrogen and oxygen atoms in total. The summed E-state index contributed by atoms with van der Waals surface area (Å²) in [6, 6.07) is 8.95. The molecule has 2 N–H and O–H groups in total. The van der Waals surface area contributed by atoms with Crippen LogP contribution in [0.25, 0.3) is 0 Å². The Morgan fingerprint density at radius 3 is 2.61 bits per heavy atom. The normalized spacial score (nSPS) is 26.3. The molecule has 1 atom stereocenters. The first-order valence-electron chi connectivity index (χ1n) is 6.92. The Labute approximate surface area is 109 Å². The maximum Gasteiger partial charge on any atom is 0.134 e. The van der Waals surface area contributed by atoms with Crippen molar-refractivity contribution in [3.8, 4) is 0 Å². The molecule has 1 unspecified atom stereocenters. The number of hydrogen-bond acceptors (Lipinski definition) is 3. The van der Waals surface area contributed by atoms with Gasteiger partial charge in [-0.3, -0.25) is 0 Å². The highest BCUT2D eigenvalue weighted by Crippen LogP contribution is 2.47. The molecule has 0 amide bonds. The minimum absolute atomic E-state index is 0.0675. The fourth-order valence-electron chi connectivity index (χ4n) is 3.46. The Balaban J connectivity index is 1.88. The molecule has 2 heterocycles. The van der Waals surface area contributed by atoms with Crippen molar-refractivity contribution in [1.82, 2.24) is 4.90 Å². The Kier molecular flexibility index (Phi) is 2.83. The zero-order valence-corrected chi connectivity index (χ0v) is 11.2. The Morgan fingerprint density at radius 1 is 1.28 bits per heavy atom. The predicted octanol–water partition coefficient (Wildman–Crippen LogP) is 2.17. The number of aliphatic hydroxyl groups excluding tert-OH is 1. The molecule has 1 aromatic carbocycles. The summed E-state index contributed by atoms with van der Waals surface area (Å²) in [6.45, 7) is 6.64. The second-order valence-corrected chi connectivity index (χ2v) is 5.88. The van der Waals surface area contributed by atoms with E-state index in [1.165, 1.54) is 5.56 Å². The maximum absolute atomic E-state index is 10.4. The second-order valence-electron chi connectivity index (χ2n) is 5.88. The van der Waals surface area contributed by atoms with Crippen molar-refractivity contribution in [2.24, 2.45) is 0 Å². The number of para-hydroxylation sites is 1. The summed E-state index contributed by atoms with van der Waals surface area (Å²) < 4.78 is 0. The van der Waals surface area contributed by atoms with Crippen LogP contribution in [-0.4, -0.2) is 35.4 Å². The number of aliphatic hydroxyl groups is 1. The third-order valence-electron chi connectivity index (χ3n) is 4.70. The molecule has 0 bridgehead atoms. The molecular weight excluding hydrogens is 224 g/mol. The van der Waals surface area contributed by atoms with E-state index in [1.807, 2.05) is 6.07 Å². The van der Waals surface area contributed by atoms with E-state index in [-0.39, 0.29) is 5.41 Å². The summed E-state index contributed by atoms with van der Waals surface area (Å²) in [5, 5.41) is 13.7. The van der Waals surface area contributed by atoms with Crippen molar-refractivity contribution >= 4 is 5.69 Å². The lowest BCUT2D eigenvalue weighted by Gasteiger charge is -2.42. The summed E-state index contributed by atoms with van der Waals surface area (Å²) in [5.74, 6) is 0. The van der Waals surface area contributed by atoms with Gasteiger partial charge in [0.25, 0.3) is 0 Å². The van der Waals surface area contributed by atoms with Crippen LogP contribution in [0.2, 0.25) is 0 Å². The largest absolute Gasteiger partial charge is 0.373 e. The summed E-state index contributed by atoms with van der Waals surface area (Å²) >= 11 is 0. The van der Waals surface area contributed by atoms with Crippen molar-refractivity contribution < 1.29 is 5.11 Å². The quantitative estimate of drug-likeness (QED) is 0.797. The third kappa shape index (κ3) is 1.65. The molecule has 2 aliphatic heterocycles. The van der Waals surface area contributed by atoms with E-state index in [1.54, 1.807) is 0 Å². The van der Waals surface area contributed by atoms with E-state index in [0.29, 0.717) is 6.04 Å². The van der Waals surface area contributed by atoms with E-state index in [4.69, 9.17) is 0 Å². The van der Waals surface area contributed by atoms with Crippen molar-refractivity contribution in [2.45, 2.75) is 44.4 Å². The zero-order valence-electron chi connectivity index (χ0n) is 11.2. The number of anilines is 1. The summed E-state index contributed by atoms with van der Waals surface area (Å²) in [7, 11) is 0. The van der Waals surface area contributed by atoms with Crippen LogP contribution in [0.3, 0.4) is 0 Å². The minimum atomic E-state index is -0.427. The van der Waals surface area contributed by atoms with Gasteiger partial charge in [0.15, 0.2) is 0 Å². The fraction of sp³-hybridized carbons (Fsp3) is 0.600. The molecule has 1 aromatic rings. The van der Waals surface area contributed by atoms with Gasteiger partial charge in [0, 0.05) is 17.1 Å². The molecule has 1 saturated heterocycles. The number of hydrogen-bond donors (Lipinski definition) is 2. The summed E-state index contributed by atoms with van der Waals surface area (Å²) in [5.41, 5.74) is 2.35. The van der Waals surface area contributed by atoms with Crippen molar-refractivity contribution in [3.63, 3.8) is 0 Å². The van der Waals surface area contributed by atoms with Gasteiger partial charge in [0.1, 0.15) is 6.23 Å². The van der Waals surface area contributed by atoms with Crippen molar-refractivity contribution in [1.29, 1.82) is 0 Å². The van der Waals surface area contributed by atoms with Crippen LogP contribution < -0.4 is 5.32 Å². The van der Waals surface area contributed by atoms with Crippen LogP contribution in [0.5, 0.6) is 0 Å². The van der Waals surface area contributed by atoms with Crippen LogP contribution in [0.1, 0.15) is 32.3 Å². The van der Waals surface area contributed by atoms with Gasteiger partial charge in [0.05, 0.1) is 0 Å². The molecule has 0 aromatic heterocycles. The molecule has 0 saturated carbocycles. The fourth-order valence-corrected chi connectivity index (χ4v) is 3.46. The van der Waals surface area contributed by atoms with Gasteiger partial charge in [0.2, 0.25) is 0 Å². The monoisotopic (exact) mass is 246 g/mol. The first-order valence-corrected chi connectivity index (χ1v) is 6.92. The molecule has 0 radical (unpaired) electrons. The lowest BCUT2D eigenvalue weighted by molar-refractivity contribution is 0.0468. The number of piperidine rings is 1. The first-order chi connectivity index (χ1) is 8.63. The molecule has 2 aliphatic rings. The highest BCUT2D eigenvalue weighted by molar-refractivity contribution is 5.61. The van der Waals surface area contributed by atoms with Crippen molar-refractivity contribution in [2.75, 3.05) is 18.4 Å². The number of nitrogens with one attached hydrogen (secondary N) is 1. The topological polar surface area (TPSA) is 35.5 Å². The van der Waals surface area contributed by atoms with E-state index in [0.717, 1.165) is 31.6 Å². The van der Waals surface area contributed by atoms with Gasteiger partial charge < -0.3 is 15.3 Å². The number of benzene rings is 1. The predicted molar refractivity (Wildman–Crippen MR) is 73.7 cm³/mol. The smallest absolute Gasteiger partial charge is 0.134 e. The lowest BCUT2D eigenvalue weighted by atomic mass is 9.73. The van der Waals surface area contributed by atoms with Crippen molar-refractivity contribution in [3.05, 3.63) is 29.8 Å². The van der Waals surface area contributed by atoms with Gasteiger partial charge in [-0.15, -0.1) is 0 Å². The third-order valence-corrected chi connectivity index (χ3v) is 4.70. The van der Waals surface area contributed by atoms with Gasteiger partial charge in [-0.1, -0.05) is 18.2 Å². The van der Waals surface area contributed by atoms with Gasteiger partial charge in [-0.05, 0) is 51.4 Å². The van der Waals surface area contributed by atoms with E-state index >= 15 is 0 Å². The van der Waals surface area contributed by atoms with Crippen LogP contribution in [0, 0.1) is 0 Å². The highest BCUT2D eigenvalue weighted by atomic mass is 16.3. The average Bonchev–Trinajstić information content (AvgIpc) is 2.64. The first kappa shape index (κ1) is 12.0. The van der Waals surface area contributed by atoms with Crippen LogP contribution in [0.15, 0.2) is 24.3 Å². The number of fused-ring (bicyclic) bond motifs is 2. The summed E-state index contributed by atoms with van der Waals surface area (Å²) in [4.78, 5) is 2.50. The number of likely N-dealkylation sites (tertiary alicyclic amines) is 1. The van der Waals surface area contributed by atoms with Gasteiger partial charge >= 0.3 is 0 Å². The minimum Gasteiger partial charge on any atom is -0.373 e. The highest BCUT2D eigenvalue weighted by Gasteiger charge is 2.47. The molecule has 18 heavy (non-hydrogen) atoms. The maximum atomic E-state index is 10.4. The molecule has 1 fully saturated rings. The molecular formula is C15H22N2O. The average molecular weight is 246 g/mol. The van der Waals surface area contributed by atoms with Gasteiger partial charge in [-0.2, -0.15) is 0 Å². The Morgan fingerprint density at radius 2 is 1.94 bits per heavy atom. The summed E-state index contributed by atoms with van der Waals surface area (Å²) in [6.07, 6.45) is 1.65. The zero-order chi connectivity index (χ0) is 12.8. The van der Waals surface area contributed by atoms with E-state index in [2.05, 4.69) is 42.3 Å². The van der Waals surface area contributed by atoms with E-state index in [9.17, 15) is 5.11 Å². The van der Waals surface area contributed by atoms with Crippen LogP contribution in [-0.2, 0) is 5.41 Å². The molecule has 1 spiro atoms. The SMILES string of the molecule is CC(C)N1CCC2(CC1)c1ccccc1NC2O. The second kappa shape index (κ2) is 4.25. The molecule has 3 heteroatoms. The molecule has 3 rings (SSSR count). The number of rotatable bonds is 1. The lowest BCUT2D eigenvalue weighted by Crippen LogP contribution is -2.50. The van der Waals surface area contributed by atoms with Crippen LogP contribution in [0.4, 0.5) is 5.69 Å². The number of nitrogens with zero attached hydrogens (tertiary/aromatic N) is 1. The molecule has 0 aliphatic carbocycles. The van der Waals surface area contributed by atoms with Gasteiger partial charge in [-0.25, -0.2) is 0 Å². The Hall–Kier alpha value is -1.06. The van der Waals surface area contributed by atoms with E-state index < -0.39 is 6.23 Å². The standard InChI is InChI=1S/C15H22N2O/c1-11(2)17-9-7-15(8-10-17)12-5-3-4-6-13(12)16-14(15)18/h3-6,11,14,16,18H,7-10H2,1-2H3. The molecule has 98 valence electrons. The van der Waals surface area contributed by atoms with Crippen LogP contribution >= 0.6 is 0 Å². The Bertz CT molecular complexity index is 436.